The summed E-state index contributed by atoms with van der Waals surface area (Å²) in [5.41, 5.74) is 3.08. The zero-order valence-electron chi connectivity index (χ0n) is 22.6. The molecule has 41 heavy (non-hydrogen) atoms. The van der Waals surface area contributed by atoms with Gasteiger partial charge < -0.3 is 19.7 Å². The number of hydrogen-bond donors (Lipinski definition) is 2. The number of para-hydroxylation sites is 1. The molecule has 0 bridgehead atoms. The van der Waals surface area contributed by atoms with Crippen LogP contribution in [0.2, 0.25) is 0 Å². The van der Waals surface area contributed by atoms with E-state index in [1.54, 1.807) is 30.5 Å². The molecule has 0 aliphatic carbocycles. The predicted molar refractivity (Wildman–Crippen MR) is 159 cm³/mol. The van der Waals surface area contributed by atoms with Gasteiger partial charge in [-0.25, -0.2) is 4.79 Å². The molecule has 0 spiro atoms. The van der Waals surface area contributed by atoms with Crippen LogP contribution in [0.1, 0.15) is 21.5 Å². The summed E-state index contributed by atoms with van der Waals surface area (Å²) in [5, 5.41) is 20.7. The summed E-state index contributed by atoms with van der Waals surface area (Å²) in [6.45, 7) is 2.20. The average molecular weight is 549 g/mol. The lowest BCUT2D eigenvalue weighted by Gasteiger charge is -2.25. The van der Waals surface area contributed by atoms with Crippen molar-refractivity contribution in [1.29, 1.82) is 0 Å². The number of aromatic nitrogens is 1. The summed E-state index contributed by atoms with van der Waals surface area (Å²) in [5.74, 6) is 1.04. The maximum Gasteiger partial charge on any atom is 0.335 e. The first kappa shape index (κ1) is 27.8. The molecule has 0 fully saturated rings. The van der Waals surface area contributed by atoms with Gasteiger partial charge in [0.05, 0.1) is 11.1 Å². The first-order valence-electron chi connectivity index (χ1n) is 13.5. The van der Waals surface area contributed by atoms with Crippen LogP contribution in [0.3, 0.4) is 0 Å². The third-order valence-electron chi connectivity index (χ3n) is 6.72. The van der Waals surface area contributed by atoms with Crippen LogP contribution in [0, 0.1) is 0 Å². The number of nitrogens with zero attached hydrogens (tertiary/aromatic N) is 2. The fourth-order valence-electron chi connectivity index (χ4n) is 4.62. The standard InChI is InChI=1S/C34H32N2O5/c37-28(24-40-29-9-5-2-6-10-29)23-36(22-26-7-3-1-4-8-26)20-18-25-11-14-30(15-12-25)41-33-17-19-35-32-21-27(34(38)39)13-16-31(32)33/h1-17,19,21,28,37H,18,20,22-24H2,(H,38,39). The molecule has 7 nitrogen and oxygen atoms in total. The van der Waals surface area contributed by atoms with Crippen LogP contribution in [-0.2, 0) is 13.0 Å². The summed E-state index contributed by atoms with van der Waals surface area (Å²) >= 11 is 0. The van der Waals surface area contributed by atoms with Gasteiger partial charge in [0.25, 0.3) is 0 Å². The number of fused-ring (bicyclic) bond motifs is 1. The number of carbonyl (C=O) groups is 1. The second kappa shape index (κ2) is 13.6. The van der Waals surface area contributed by atoms with Crippen LogP contribution in [0.5, 0.6) is 17.2 Å². The molecule has 0 amide bonds. The second-order valence-electron chi connectivity index (χ2n) is 9.84. The van der Waals surface area contributed by atoms with Gasteiger partial charge in [0.2, 0.25) is 0 Å². The van der Waals surface area contributed by atoms with E-state index in [1.807, 2.05) is 72.8 Å². The van der Waals surface area contributed by atoms with E-state index in [9.17, 15) is 15.0 Å². The molecule has 0 aliphatic heterocycles. The van der Waals surface area contributed by atoms with Gasteiger partial charge in [-0.3, -0.25) is 9.88 Å². The molecule has 1 unspecified atom stereocenters. The van der Waals surface area contributed by atoms with Gasteiger partial charge in [0.15, 0.2) is 0 Å². The van der Waals surface area contributed by atoms with Crippen molar-refractivity contribution in [3.8, 4) is 17.2 Å². The van der Waals surface area contributed by atoms with E-state index >= 15 is 0 Å². The summed E-state index contributed by atoms with van der Waals surface area (Å²) in [6.07, 6.45) is 1.78. The number of carboxylic acids is 1. The van der Waals surface area contributed by atoms with Crippen LogP contribution in [0.15, 0.2) is 115 Å². The van der Waals surface area contributed by atoms with Crippen LogP contribution in [0.4, 0.5) is 0 Å². The maximum absolute atomic E-state index is 11.3. The Hall–Kier alpha value is -4.72. The Balaban J connectivity index is 1.21. The number of aliphatic hydroxyl groups excluding tert-OH is 1. The lowest BCUT2D eigenvalue weighted by atomic mass is 10.1. The molecule has 0 saturated carbocycles. The van der Waals surface area contributed by atoms with E-state index in [0.29, 0.717) is 23.6 Å². The predicted octanol–water partition coefficient (Wildman–Crippen LogP) is 6.21. The normalized spacial score (nSPS) is 11.9. The van der Waals surface area contributed by atoms with Gasteiger partial charge in [0, 0.05) is 31.2 Å². The Bertz CT molecular complexity index is 1560. The molecule has 4 aromatic carbocycles. The van der Waals surface area contributed by atoms with Crippen molar-refractivity contribution in [3.63, 3.8) is 0 Å². The highest BCUT2D eigenvalue weighted by Gasteiger charge is 2.14. The Kier molecular flexibility index (Phi) is 9.21. The fourth-order valence-corrected chi connectivity index (χ4v) is 4.62. The highest BCUT2D eigenvalue weighted by atomic mass is 16.5. The summed E-state index contributed by atoms with van der Waals surface area (Å²) in [4.78, 5) is 17.8. The Morgan fingerprint density at radius 2 is 1.56 bits per heavy atom. The van der Waals surface area contributed by atoms with Gasteiger partial charge in [-0.1, -0.05) is 60.7 Å². The number of hydrogen-bond acceptors (Lipinski definition) is 6. The molecule has 2 N–H and O–H groups in total. The number of aromatic carboxylic acids is 1. The molecular formula is C34H32N2O5. The second-order valence-corrected chi connectivity index (χ2v) is 9.84. The van der Waals surface area contributed by atoms with Crippen molar-refractivity contribution in [2.24, 2.45) is 0 Å². The van der Waals surface area contributed by atoms with Crippen LogP contribution < -0.4 is 9.47 Å². The molecule has 208 valence electrons. The van der Waals surface area contributed by atoms with E-state index in [4.69, 9.17) is 9.47 Å². The van der Waals surface area contributed by atoms with Gasteiger partial charge in [-0.15, -0.1) is 0 Å². The smallest absolute Gasteiger partial charge is 0.335 e. The number of ether oxygens (including phenoxy) is 2. The third-order valence-corrected chi connectivity index (χ3v) is 6.72. The molecule has 5 aromatic rings. The first-order chi connectivity index (χ1) is 20.0. The van der Waals surface area contributed by atoms with E-state index in [0.717, 1.165) is 36.2 Å². The topological polar surface area (TPSA) is 92.1 Å². The van der Waals surface area contributed by atoms with Crippen molar-refractivity contribution < 1.29 is 24.5 Å². The largest absolute Gasteiger partial charge is 0.491 e. The molecule has 1 heterocycles. The van der Waals surface area contributed by atoms with Crippen molar-refractivity contribution in [2.45, 2.75) is 19.1 Å². The zero-order valence-corrected chi connectivity index (χ0v) is 22.6. The molecular weight excluding hydrogens is 516 g/mol. The summed E-state index contributed by atoms with van der Waals surface area (Å²) in [6, 6.07) is 34.3. The van der Waals surface area contributed by atoms with Gasteiger partial charge in [0.1, 0.15) is 30.0 Å². The maximum atomic E-state index is 11.3. The van der Waals surface area contributed by atoms with Gasteiger partial charge in [-0.05, 0) is 66.1 Å². The van der Waals surface area contributed by atoms with Crippen LogP contribution in [0.25, 0.3) is 10.9 Å². The number of pyridine rings is 1. The molecule has 0 radical (unpaired) electrons. The minimum absolute atomic E-state index is 0.184. The zero-order chi connectivity index (χ0) is 28.4. The van der Waals surface area contributed by atoms with Crippen molar-refractivity contribution >= 4 is 16.9 Å². The minimum atomic E-state index is -0.993. The lowest BCUT2D eigenvalue weighted by molar-refractivity contribution is 0.0659. The monoisotopic (exact) mass is 548 g/mol. The Morgan fingerprint density at radius 3 is 2.29 bits per heavy atom. The molecule has 0 aliphatic rings. The van der Waals surface area contributed by atoms with E-state index < -0.39 is 12.1 Å². The highest BCUT2D eigenvalue weighted by Crippen LogP contribution is 2.29. The third kappa shape index (κ3) is 7.91. The van der Waals surface area contributed by atoms with Gasteiger partial charge in [-0.2, -0.15) is 0 Å². The number of benzene rings is 4. The molecule has 1 aromatic heterocycles. The minimum Gasteiger partial charge on any atom is -0.491 e. The number of carboxylic acid groups (broad SMARTS) is 1. The Morgan fingerprint density at radius 1 is 0.829 bits per heavy atom. The van der Waals surface area contributed by atoms with Crippen LogP contribution in [-0.4, -0.2) is 51.9 Å². The van der Waals surface area contributed by atoms with Crippen LogP contribution >= 0.6 is 0 Å². The van der Waals surface area contributed by atoms with Crippen molar-refractivity contribution in [3.05, 3.63) is 132 Å². The van der Waals surface area contributed by atoms with E-state index in [-0.39, 0.29) is 12.2 Å². The lowest BCUT2D eigenvalue weighted by Crippen LogP contribution is -2.36. The molecule has 7 heteroatoms. The van der Waals surface area contributed by atoms with Gasteiger partial charge >= 0.3 is 5.97 Å². The highest BCUT2D eigenvalue weighted by molar-refractivity contribution is 5.94. The number of aliphatic hydroxyl groups is 1. The molecule has 1 atom stereocenters. The Labute approximate surface area is 239 Å². The van der Waals surface area contributed by atoms with Crippen molar-refractivity contribution in [2.75, 3.05) is 19.7 Å². The average Bonchev–Trinajstić information content (AvgIpc) is 3.00. The summed E-state index contributed by atoms with van der Waals surface area (Å²) < 4.78 is 11.9. The summed E-state index contributed by atoms with van der Waals surface area (Å²) in [7, 11) is 0. The first-order valence-corrected chi connectivity index (χ1v) is 13.5. The van der Waals surface area contributed by atoms with E-state index in [1.165, 1.54) is 5.56 Å². The molecule has 5 rings (SSSR count). The number of rotatable bonds is 13. The van der Waals surface area contributed by atoms with Crippen molar-refractivity contribution in [1.82, 2.24) is 9.88 Å². The van der Waals surface area contributed by atoms with E-state index in [2.05, 4.69) is 22.0 Å². The SMILES string of the molecule is O=C(O)c1ccc2c(Oc3ccc(CCN(Cc4ccccc4)CC(O)COc4ccccc4)cc3)ccnc2c1. The fraction of sp³-hybridized carbons (Fsp3) is 0.176. The molecule has 0 saturated heterocycles. The quantitative estimate of drug-likeness (QED) is 0.181.